The number of nitrogens with zero attached hydrogens (tertiary/aromatic N) is 2. The zero-order valence-corrected chi connectivity index (χ0v) is 18.8. The Morgan fingerprint density at radius 1 is 1.33 bits per heavy atom. The van der Waals surface area contributed by atoms with Gasteiger partial charge in [-0.2, -0.15) is 0 Å². The van der Waals surface area contributed by atoms with Gasteiger partial charge >= 0.3 is 0 Å². The third-order valence-corrected chi connectivity index (χ3v) is 6.58. The first-order valence-electron chi connectivity index (χ1n) is 11.0. The molecule has 0 bridgehead atoms. The number of carbonyl (C=O) groups is 1. The number of fused-ring (bicyclic) bond motifs is 1. The fraction of sp³-hybridized carbons (Fsp3) is 0.520. The molecule has 5 heteroatoms. The van der Waals surface area contributed by atoms with Crippen molar-refractivity contribution < 1.29 is 14.6 Å². The molecule has 0 saturated heterocycles. The van der Waals surface area contributed by atoms with Gasteiger partial charge in [0.1, 0.15) is 12.4 Å². The zero-order valence-electron chi connectivity index (χ0n) is 18.8. The quantitative estimate of drug-likeness (QED) is 0.736. The maximum Gasteiger partial charge on any atom is 0.225 e. The molecule has 3 rings (SSSR count). The molecule has 2 aromatic rings. The standard InChI is InChI=1S/C25H34N2O3/c1-6-27(7-2)25(29)17(4)21-11-10-20-16(3)13-22(18(5)23(20)24(21)28)30-15-19-9-8-12-26-14-19/h8-9,12-14,17,21,24,28H,6-7,10-11,15H2,1-5H3/t17-,21+,24+/m0/s1. The Morgan fingerprint density at radius 2 is 2.07 bits per heavy atom. The van der Waals surface area contributed by atoms with Gasteiger partial charge in [-0.05, 0) is 74.9 Å². The van der Waals surface area contributed by atoms with Gasteiger partial charge in [-0.3, -0.25) is 9.78 Å². The van der Waals surface area contributed by atoms with Gasteiger partial charge in [0, 0.05) is 42.9 Å². The van der Waals surface area contributed by atoms with Gasteiger partial charge in [-0.25, -0.2) is 0 Å². The van der Waals surface area contributed by atoms with Crippen LogP contribution in [0.25, 0.3) is 0 Å². The van der Waals surface area contributed by atoms with Crippen molar-refractivity contribution in [2.75, 3.05) is 13.1 Å². The summed E-state index contributed by atoms with van der Waals surface area (Å²) >= 11 is 0. The molecule has 0 saturated carbocycles. The minimum atomic E-state index is -0.663. The summed E-state index contributed by atoms with van der Waals surface area (Å²) in [5.41, 5.74) is 5.26. The molecule has 1 aliphatic carbocycles. The Hall–Kier alpha value is -2.40. The number of benzene rings is 1. The lowest BCUT2D eigenvalue weighted by atomic mass is 9.72. The molecule has 0 radical (unpaired) electrons. The average molecular weight is 411 g/mol. The third-order valence-electron chi connectivity index (χ3n) is 6.58. The first-order chi connectivity index (χ1) is 14.4. The van der Waals surface area contributed by atoms with E-state index in [0.29, 0.717) is 19.7 Å². The number of aromatic nitrogens is 1. The van der Waals surface area contributed by atoms with E-state index in [1.807, 2.05) is 44.7 Å². The second kappa shape index (κ2) is 9.61. The predicted octanol–water partition coefficient (Wildman–Crippen LogP) is 4.38. The molecule has 0 spiro atoms. The van der Waals surface area contributed by atoms with Gasteiger partial charge in [0.25, 0.3) is 0 Å². The minimum absolute atomic E-state index is 0.0859. The molecule has 5 nitrogen and oxygen atoms in total. The molecule has 1 aliphatic rings. The molecular formula is C25H34N2O3. The van der Waals surface area contributed by atoms with Crippen LogP contribution in [0.4, 0.5) is 0 Å². The normalized spacial score (nSPS) is 19.1. The van der Waals surface area contributed by atoms with E-state index in [4.69, 9.17) is 4.74 Å². The summed E-state index contributed by atoms with van der Waals surface area (Å²) in [5.74, 6) is 0.619. The Kier molecular flexibility index (Phi) is 7.14. The predicted molar refractivity (Wildman–Crippen MR) is 118 cm³/mol. The lowest BCUT2D eigenvalue weighted by Gasteiger charge is -2.37. The number of hydrogen-bond donors (Lipinski definition) is 1. The Balaban J connectivity index is 1.87. The lowest BCUT2D eigenvalue weighted by molar-refractivity contribution is -0.138. The number of aryl methyl sites for hydroxylation is 1. The van der Waals surface area contributed by atoms with E-state index in [0.717, 1.165) is 40.8 Å². The highest BCUT2D eigenvalue weighted by Crippen LogP contribution is 2.44. The van der Waals surface area contributed by atoms with Crippen LogP contribution >= 0.6 is 0 Å². The highest BCUT2D eigenvalue weighted by atomic mass is 16.5. The Bertz CT molecular complexity index is 878. The van der Waals surface area contributed by atoms with Crippen molar-refractivity contribution in [1.29, 1.82) is 0 Å². The molecule has 0 aliphatic heterocycles. The first-order valence-corrected chi connectivity index (χ1v) is 11.0. The van der Waals surface area contributed by atoms with Crippen LogP contribution in [-0.4, -0.2) is 34.0 Å². The molecular weight excluding hydrogens is 376 g/mol. The molecule has 30 heavy (non-hydrogen) atoms. The second-order valence-corrected chi connectivity index (χ2v) is 8.31. The van der Waals surface area contributed by atoms with Crippen molar-refractivity contribution in [1.82, 2.24) is 9.88 Å². The van der Waals surface area contributed by atoms with Gasteiger partial charge in [0.05, 0.1) is 6.10 Å². The maximum absolute atomic E-state index is 12.9. The molecule has 1 aromatic heterocycles. The summed E-state index contributed by atoms with van der Waals surface area (Å²) in [5, 5.41) is 11.3. The monoisotopic (exact) mass is 410 g/mol. The number of pyridine rings is 1. The SMILES string of the molecule is CCN(CC)C(=O)[C@@H](C)[C@H]1CCc2c(C)cc(OCc3cccnc3)c(C)c2[C@@H]1O. The summed E-state index contributed by atoms with van der Waals surface area (Å²) in [4.78, 5) is 18.9. The molecule has 3 atom stereocenters. The molecule has 1 amide bonds. The average Bonchev–Trinajstić information content (AvgIpc) is 2.76. The number of aliphatic hydroxyl groups is 1. The Morgan fingerprint density at radius 3 is 2.70 bits per heavy atom. The highest BCUT2D eigenvalue weighted by molar-refractivity contribution is 5.79. The molecule has 0 unspecified atom stereocenters. The van der Waals surface area contributed by atoms with E-state index in [2.05, 4.69) is 18.0 Å². The van der Waals surface area contributed by atoms with Gasteiger partial charge in [0.15, 0.2) is 0 Å². The van der Waals surface area contributed by atoms with Gasteiger partial charge in [-0.15, -0.1) is 0 Å². The number of amides is 1. The fourth-order valence-electron chi connectivity index (χ4n) is 4.70. The van der Waals surface area contributed by atoms with Gasteiger partial charge < -0.3 is 14.7 Å². The van der Waals surface area contributed by atoms with Crippen molar-refractivity contribution in [2.24, 2.45) is 11.8 Å². The van der Waals surface area contributed by atoms with E-state index < -0.39 is 6.10 Å². The van der Waals surface area contributed by atoms with Crippen molar-refractivity contribution in [2.45, 2.75) is 60.2 Å². The molecule has 1 heterocycles. The fourth-order valence-corrected chi connectivity index (χ4v) is 4.70. The van der Waals surface area contributed by atoms with E-state index in [9.17, 15) is 9.90 Å². The van der Waals surface area contributed by atoms with Crippen LogP contribution in [0.5, 0.6) is 5.75 Å². The first kappa shape index (κ1) is 22.3. The van der Waals surface area contributed by atoms with Crippen molar-refractivity contribution in [3.63, 3.8) is 0 Å². The molecule has 162 valence electrons. The number of carbonyl (C=O) groups excluding carboxylic acids is 1. The number of aliphatic hydroxyl groups excluding tert-OH is 1. The largest absolute Gasteiger partial charge is 0.489 e. The highest BCUT2D eigenvalue weighted by Gasteiger charge is 2.38. The van der Waals surface area contributed by atoms with E-state index in [-0.39, 0.29) is 17.7 Å². The van der Waals surface area contributed by atoms with Crippen LogP contribution < -0.4 is 4.74 Å². The number of ether oxygens (including phenoxy) is 1. The van der Waals surface area contributed by atoms with E-state index in [1.165, 1.54) is 5.56 Å². The summed E-state index contributed by atoms with van der Waals surface area (Å²) in [6.45, 7) is 11.9. The Labute approximate surface area is 180 Å². The van der Waals surface area contributed by atoms with Crippen molar-refractivity contribution in [3.05, 3.63) is 58.4 Å². The van der Waals surface area contributed by atoms with Crippen LogP contribution in [0.3, 0.4) is 0 Å². The molecule has 1 N–H and O–H groups in total. The third kappa shape index (κ3) is 4.36. The minimum Gasteiger partial charge on any atom is -0.489 e. The molecule has 1 aromatic carbocycles. The molecule has 0 fully saturated rings. The van der Waals surface area contributed by atoms with Crippen molar-refractivity contribution >= 4 is 5.91 Å². The number of rotatable bonds is 7. The summed E-state index contributed by atoms with van der Waals surface area (Å²) in [6, 6.07) is 5.95. The smallest absolute Gasteiger partial charge is 0.225 e. The second-order valence-electron chi connectivity index (χ2n) is 8.31. The van der Waals surface area contributed by atoms with Crippen LogP contribution in [0.2, 0.25) is 0 Å². The van der Waals surface area contributed by atoms with Crippen LogP contribution in [0.15, 0.2) is 30.6 Å². The van der Waals surface area contributed by atoms with Crippen LogP contribution in [0, 0.1) is 25.7 Å². The van der Waals surface area contributed by atoms with E-state index >= 15 is 0 Å². The van der Waals surface area contributed by atoms with Crippen molar-refractivity contribution in [3.8, 4) is 5.75 Å². The van der Waals surface area contributed by atoms with Gasteiger partial charge in [-0.1, -0.05) is 13.0 Å². The zero-order chi connectivity index (χ0) is 21.8. The maximum atomic E-state index is 12.9. The topological polar surface area (TPSA) is 62.7 Å². The summed E-state index contributed by atoms with van der Waals surface area (Å²) in [7, 11) is 0. The summed E-state index contributed by atoms with van der Waals surface area (Å²) in [6.07, 6.45) is 4.57. The number of hydrogen-bond acceptors (Lipinski definition) is 4. The van der Waals surface area contributed by atoms with Crippen LogP contribution in [0.1, 0.15) is 61.1 Å². The lowest BCUT2D eigenvalue weighted by Crippen LogP contribution is -2.40. The van der Waals surface area contributed by atoms with Crippen LogP contribution in [-0.2, 0) is 17.8 Å². The van der Waals surface area contributed by atoms with Gasteiger partial charge in [0.2, 0.25) is 5.91 Å². The summed E-state index contributed by atoms with van der Waals surface area (Å²) < 4.78 is 6.11. The van der Waals surface area contributed by atoms with E-state index in [1.54, 1.807) is 12.4 Å².